The Hall–Kier alpha value is -1.36. The minimum absolute atomic E-state index is 0.00538. The molecule has 1 amide bonds. The third-order valence-electron chi connectivity index (χ3n) is 2.78. The molecule has 17 heavy (non-hydrogen) atoms. The Morgan fingerprint density at radius 1 is 1.59 bits per heavy atom. The molecule has 5 heteroatoms. The van der Waals surface area contributed by atoms with Gasteiger partial charge in [0, 0.05) is 25.4 Å². The number of hydrogen-bond donors (Lipinski definition) is 2. The molecule has 1 unspecified atom stereocenters. The Labute approximate surface area is 105 Å². The molecular weight excluding hydrogens is 236 g/mol. The van der Waals surface area contributed by atoms with Gasteiger partial charge in [0.2, 0.25) is 5.91 Å². The van der Waals surface area contributed by atoms with E-state index in [9.17, 15) is 9.90 Å². The monoisotopic (exact) mass is 252 g/mol. The van der Waals surface area contributed by atoms with Crippen molar-refractivity contribution in [1.29, 1.82) is 0 Å². The van der Waals surface area contributed by atoms with Gasteiger partial charge < -0.3 is 15.3 Å². The molecule has 92 valence electrons. The lowest BCUT2D eigenvalue weighted by Crippen LogP contribution is -2.30. The van der Waals surface area contributed by atoms with Crippen LogP contribution in [0.25, 0.3) is 0 Å². The third kappa shape index (κ3) is 2.66. The maximum atomic E-state index is 10.8. The van der Waals surface area contributed by atoms with Crippen molar-refractivity contribution in [3.63, 3.8) is 0 Å². The van der Waals surface area contributed by atoms with Crippen molar-refractivity contribution in [3.8, 4) is 5.75 Å². The molecule has 0 saturated heterocycles. The maximum Gasteiger partial charge on any atom is 0.216 e. The Bertz CT molecular complexity index is 437. The van der Waals surface area contributed by atoms with Crippen LogP contribution >= 0.6 is 11.8 Å². The number of anilines is 1. The standard InChI is InChI=1S/C12H16N2O2S/c1-8(15)13-6-5-12-14(2)10-4-3-9(16)7-11(10)17-12/h3-4,7,12,16H,5-6H2,1-2H3,(H,13,15). The SMILES string of the molecule is CC(=O)NCCC1Sc2cc(O)ccc2N1C. The van der Waals surface area contributed by atoms with Gasteiger partial charge in [0.25, 0.3) is 0 Å². The third-order valence-corrected chi connectivity index (χ3v) is 4.19. The number of phenolic OH excluding ortho intramolecular Hbond substituents is 1. The van der Waals surface area contributed by atoms with Gasteiger partial charge in [-0.1, -0.05) is 11.8 Å². The van der Waals surface area contributed by atoms with Gasteiger partial charge >= 0.3 is 0 Å². The first-order valence-electron chi connectivity index (χ1n) is 5.55. The van der Waals surface area contributed by atoms with Crippen LogP contribution in [0.1, 0.15) is 13.3 Å². The number of hydrogen-bond acceptors (Lipinski definition) is 4. The van der Waals surface area contributed by atoms with E-state index in [1.54, 1.807) is 23.9 Å². The first-order chi connectivity index (χ1) is 8.08. The highest BCUT2D eigenvalue weighted by Crippen LogP contribution is 2.44. The van der Waals surface area contributed by atoms with Crippen LogP contribution in [0.5, 0.6) is 5.75 Å². The fourth-order valence-corrected chi connectivity index (χ4v) is 3.22. The second-order valence-electron chi connectivity index (χ2n) is 4.11. The van der Waals surface area contributed by atoms with Crippen LogP contribution in [0, 0.1) is 0 Å². The van der Waals surface area contributed by atoms with Gasteiger partial charge in [-0.2, -0.15) is 0 Å². The molecule has 1 aromatic carbocycles. The van der Waals surface area contributed by atoms with Gasteiger partial charge in [0.15, 0.2) is 0 Å². The number of nitrogens with one attached hydrogen (secondary N) is 1. The van der Waals surface area contributed by atoms with Crippen LogP contribution in [0.2, 0.25) is 0 Å². The number of amides is 1. The van der Waals surface area contributed by atoms with Gasteiger partial charge in [0.05, 0.1) is 11.1 Å². The molecule has 0 radical (unpaired) electrons. The molecule has 1 aliphatic heterocycles. The lowest BCUT2D eigenvalue weighted by Gasteiger charge is -2.21. The van der Waals surface area contributed by atoms with Crippen LogP contribution in [-0.4, -0.2) is 30.0 Å². The molecule has 1 atom stereocenters. The molecule has 0 saturated carbocycles. The van der Waals surface area contributed by atoms with Gasteiger partial charge in [-0.15, -0.1) is 0 Å². The molecule has 0 bridgehead atoms. The highest BCUT2D eigenvalue weighted by Gasteiger charge is 2.26. The lowest BCUT2D eigenvalue weighted by atomic mass is 10.2. The summed E-state index contributed by atoms with van der Waals surface area (Å²) in [4.78, 5) is 14.1. The van der Waals surface area contributed by atoms with Crippen molar-refractivity contribution >= 4 is 23.4 Å². The van der Waals surface area contributed by atoms with E-state index in [1.807, 2.05) is 13.1 Å². The number of benzene rings is 1. The minimum Gasteiger partial charge on any atom is -0.508 e. The van der Waals surface area contributed by atoms with Gasteiger partial charge in [-0.05, 0) is 24.6 Å². The van der Waals surface area contributed by atoms with Crippen LogP contribution in [0.3, 0.4) is 0 Å². The van der Waals surface area contributed by atoms with Crippen molar-refractivity contribution in [2.75, 3.05) is 18.5 Å². The zero-order valence-electron chi connectivity index (χ0n) is 9.93. The fraction of sp³-hybridized carbons (Fsp3) is 0.417. The van der Waals surface area contributed by atoms with Crippen molar-refractivity contribution in [3.05, 3.63) is 18.2 Å². The Balaban J connectivity index is 1.99. The molecule has 1 heterocycles. The number of nitrogens with zero attached hydrogens (tertiary/aromatic N) is 1. The highest BCUT2D eigenvalue weighted by molar-refractivity contribution is 8.00. The highest BCUT2D eigenvalue weighted by atomic mass is 32.2. The van der Waals surface area contributed by atoms with Crippen molar-refractivity contribution in [2.24, 2.45) is 0 Å². The van der Waals surface area contributed by atoms with E-state index in [0.29, 0.717) is 17.7 Å². The smallest absolute Gasteiger partial charge is 0.216 e. The predicted molar refractivity (Wildman–Crippen MR) is 69.5 cm³/mol. The topological polar surface area (TPSA) is 52.6 Å². The molecule has 0 spiro atoms. The van der Waals surface area contributed by atoms with Crippen LogP contribution in [-0.2, 0) is 4.79 Å². The summed E-state index contributed by atoms with van der Waals surface area (Å²) in [7, 11) is 2.04. The first kappa shape index (κ1) is 12.1. The predicted octanol–water partition coefficient (Wildman–Crippen LogP) is 1.79. The molecule has 0 aliphatic carbocycles. The number of rotatable bonds is 3. The van der Waals surface area contributed by atoms with E-state index in [4.69, 9.17) is 0 Å². The molecular formula is C12H16N2O2S. The summed E-state index contributed by atoms with van der Waals surface area (Å²) >= 11 is 1.72. The van der Waals surface area contributed by atoms with Gasteiger partial charge in [-0.3, -0.25) is 4.79 Å². The summed E-state index contributed by atoms with van der Waals surface area (Å²) in [5.74, 6) is 0.304. The van der Waals surface area contributed by atoms with E-state index in [0.717, 1.165) is 17.0 Å². The number of aromatic hydroxyl groups is 1. The summed E-state index contributed by atoms with van der Waals surface area (Å²) in [5.41, 5.74) is 1.14. The number of fused-ring (bicyclic) bond motifs is 1. The second kappa shape index (κ2) is 4.87. The van der Waals surface area contributed by atoms with Crippen LogP contribution < -0.4 is 10.2 Å². The molecule has 0 aromatic heterocycles. The Morgan fingerprint density at radius 3 is 3.06 bits per heavy atom. The second-order valence-corrected chi connectivity index (χ2v) is 5.33. The van der Waals surface area contributed by atoms with Crippen molar-refractivity contribution < 1.29 is 9.90 Å². The average molecular weight is 252 g/mol. The van der Waals surface area contributed by atoms with E-state index in [-0.39, 0.29) is 5.91 Å². The summed E-state index contributed by atoms with van der Waals surface area (Å²) in [6.45, 7) is 2.20. The largest absolute Gasteiger partial charge is 0.508 e. The number of carbonyl (C=O) groups is 1. The first-order valence-corrected chi connectivity index (χ1v) is 6.43. The zero-order valence-corrected chi connectivity index (χ0v) is 10.8. The molecule has 2 N–H and O–H groups in total. The minimum atomic E-state index is 0.00538. The molecule has 2 rings (SSSR count). The summed E-state index contributed by atoms with van der Waals surface area (Å²) in [5, 5.41) is 12.5. The van der Waals surface area contributed by atoms with E-state index < -0.39 is 0 Å². The quantitative estimate of drug-likeness (QED) is 0.861. The Kier molecular flexibility index (Phi) is 3.47. The summed E-state index contributed by atoms with van der Waals surface area (Å²) in [6, 6.07) is 5.41. The normalized spacial score (nSPS) is 18.0. The molecule has 1 aromatic rings. The van der Waals surface area contributed by atoms with Gasteiger partial charge in [-0.25, -0.2) is 0 Å². The fourth-order valence-electron chi connectivity index (χ4n) is 1.89. The van der Waals surface area contributed by atoms with E-state index in [2.05, 4.69) is 10.2 Å². The zero-order chi connectivity index (χ0) is 12.4. The van der Waals surface area contributed by atoms with Gasteiger partial charge in [0.1, 0.15) is 5.75 Å². The van der Waals surface area contributed by atoms with Crippen LogP contribution in [0.15, 0.2) is 23.1 Å². The molecule has 0 fully saturated rings. The van der Waals surface area contributed by atoms with E-state index in [1.165, 1.54) is 6.92 Å². The Morgan fingerprint density at radius 2 is 2.35 bits per heavy atom. The molecule has 1 aliphatic rings. The lowest BCUT2D eigenvalue weighted by molar-refractivity contribution is -0.118. The average Bonchev–Trinajstić information content (AvgIpc) is 2.55. The van der Waals surface area contributed by atoms with Crippen LogP contribution in [0.4, 0.5) is 5.69 Å². The van der Waals surface area contributed by atoms with E-state index >= 15 is 0 Å². The maximum absolute atomic E-state index is 10.8. The van der Waals surface area contributed by atoms with Crippen molar-refractivity contribution in [2.45, 2.75) is 23.6 Å². The van der Waals surface area contributed by atoms with Crippen molar-refractivity contribution in [1.82, 2.24) is 5.32 Å². The summed E-state index contributed by atoms with van der Waals surface area (Å²) in [6.07, 6.45) is 0.885. The number of thioether (sulfide) groups is 1. The summed E-state index contributed by atoms with van der Waals surface area (Å²) < 4.78 is 0. The molecule has 4 nitrogen and oxygen atoms in total. The number of phenols is 1. The number of carbonyl (C=O) groups excluding carboxylic acids is 1.